The van der Waals surface area contributed by atoms with Crippen LogP contribution in [0.4, 0.5) is 5.69 Å². The van der Waals surface area contributed by atoms with Gasteiger partial charge < -0.3 is 10.6 Å². The van der Waals surface area contributed by atoms with Crippen molar-refractivity contribution in [2.75, 3.05) is 18.4 Å². The van der Waals surface area contributed by atoms with Crippen LogP contribution in [0.5, 0.6) is 0 Å². The fourth-order valence-corrected chi connectivity index (χ4v) is 1.87. The molecule has 0 aromatic carbocycles. The Hall–Kier alpha value is -0.800. The van der Waals surface area contributed by atoms with E-state index in [1.54, 1.807) is 6.20 Å². The second kappa shape index (κ2) is 4.62. The van der Waals surface area contributed by atoms with Crippen molar-refractivity contribution in [2.24, 2.45) is 0 Å². The molecular weight excluding hydrogens is 198 g/mol. The Labute approximate surface area is 88.9 Å². The van der Waals surface area contributed by atoms with E-state index in [2.05, 4.69) is 15.6 Å². The normalized spacial score (nSPS) is 18.1. The molecule has 4 heteroatoms. The van der Waals surface area contributed by atoms with Gasteiger partial charge in [0.25, 0.3) is 0 Å². The number of pyridine rings is 1. The van der Waals surface area contributed by atoms with Crippen LogP contribution in [-0.2, 0) is 0 Å². The number of anilines is 1. The Morgan fingerprint density at radius 3 is 2.93 bits per heavy atom. The van der Waals surface area contributed by atoms with Crippen molar-refractivity contribution in [1.82, 2.24) is 10.3 Å². The third-order valence-electron chi connectivity index (χ3n) is 2.44. The molecule has 3 nitrogen and oxygen atoms in total. The van der Waals surface area contributed by atoms with Crippen LogP contribution in [0.25, 0.3) is 0 Å². The van der Waals surface area contributed by atoms with Crippen molar-refractivity contribution in [2.45, 2.75) is 18.9 Å². The molecule has 2 heterocycles. The maximum absolute atomic E-state index is 5.80. The monoisotopic (exact) mass is 211 g/mol. The van der Waals surface area contributed by atoms with Crippen LogP contribution in [0, 0.1) is 0 Å². The van der Waals surface area contributed by atoms with E-state index in [0.717, 1.165) is 18.8 Å². The second-order valence-electron chi connectivity index (χ2n) is 3.54. The molecule has 1 saturated heterocycles. The highest BCUT2D eigenvalue weighted by Gasteiger charge is 2.12. The molecule has 1 aliphatic rings. The van der Waals surface area contributed by atoms with Gasteiger partial charge in [-0.15, -0.1) is 0 Å². The lowest BCUT2D eigenvalue weighted by molar-refractivity contribution is 0.479. The van der Waals surface area contributed by atoms with Gasteiger partial charge in [0, 0.05) is 17.9 Å². The first-order valence-corrected chi connectivity index (χ1v) is 5.31. The number of rotatable bonds is 2. The molecule has 2 rings (SSSR count). The summed E-state index contributed by atoms with van der Waals surface area (Å²) in [5.74, 6) is 0. The molecule has 1 aromatic heterocycles. The number of nitrogens with one attached hydrogen (secondary N) is 2. The van der Waals surface area contributed by atoms with E-state index in [9.17, 15) is 0 Å². The summed E-state index contributed by atoms with van der Waals surface area (Å²) < 4.78 is 0. The van der Waals surface area contributed by atoms with Crippen molar-refractivity contribution < 1.29 is 0 Å². The van der Waals surface area contributed by atoms with E-state index in [1.165, 1.54) is 12.8 Å². The van der Waals surface area contributed by atoms with E-state index in [4.69, 9.17) is 11.6 Å². The number of hydrogen-bond donors (Lipinski definition) is 2. The first-order chi connectivity index (χ1) is 6.84. The van der Waals surface area contributed by atoms with E-state index in [1.807, 2.05) is 12.1 Å². The number of nitrogens with zero attached hydrogens (tertiary/aromatic N) is 1. The lowest BCUT2D eigenvalue weighted by Crippen LogP contribution is -2.35. The zero-order valence-electron chi connectivity index (χ0n) is 7.96. The molecule has 1 aromatic rings. The van der Waals surface area contributed by atoms with Crippen LogP contribution in [0.2, 0.25) is 5.15 Å². The SMILES string of the molecule is Clc1cc(NC2CCNCC2)ccn1. The lowest BCUT2D eigenvalue weighted by Gasteiger charge is -2.24. The van der Waals surface area contributed by atoms with Crippen molar-refractivity contribution in [3.8, 4) is 0 Å². The smallest absolute Gasteiger partial charge is 0.131 e. The van der Waals surface area contributed by atoms with Crippen molar-refractivity contribution >= 4 is 17.3 Å². The van der Waals surface area contributed by atoms with Gasteiger partial charge in [-0.25, -0.2) is 4.98 Å². The minimum atomic E-state index is 0.545. The van der Waals surface area contributed by atoms with Crippen LogP contribution in [-0.4, -0.2) is 24.1 Å². The number of aromatic nitrogens is 1. The molecule has 76 valence electrons. The number of halogens is 1. The largest absolute Gasteiger partial charge is 0.382 e. The van der Waals surface area contributed by atoms with Gasteiger partial charge in [0.15, 0.2) is 0 Å². The first-order valence-electron chi connectivity index (χ1n) is 4.93. The predicted octanol–water partition coefficient (Wildman–Crippen LogP) is 1.90. The van der Waals surface area contributed by atoms with E-state index >= 15 is 0 Å². The van der Waals surface area contributed by atoms with Gasteiger partial charge in [0.1, 0.15) is 5.15 Å². The molecule has 0 aliphatic carbocycles. The Kier molecular flexibility index (Phi) is 3.22. The molecule has 2 N–H and O–H groups in total. The zero-order chi connectivity index (χ0) is 9.80. The molecule has 0 radical (unpaired) electrons. The van der Waals surface area contributed by atoms with Crippen LogP contribution >= 0.6 is 11.6 Å². The highest BCUT2D eigenvalue weighted by Crippen LogP contribution is 2.15. The van der Waals surface area contributed by atoms with Crippen molar-refractivity contribution in [3.63, 3.8) is 0 Å². The van der Waals surface area contributed by atoms with E-state index in [0.29, 0.717) is 11.2 Å². The summed E-state index contributed by atoms with van der Waals surface area (Å²) in [7, 11) is 0. The Bertz CT molecular complexity index is 297. The van der Waals surface area contributed by atoms with Crippen LogP contribution in [0.15, 0.2) is 18.3 Å². The molecule has 0 unspecified atom stereocenters. The van der Waals surface area contributed by atoms with Crippen molar-refractivity contribution in [3.05, 3.63) is 23.5 Å². The molecule has 1 fully saturated rings. The summed E-state index contributed by atoms with van der Waals surface area (Å²) >= 11 is 5.80. The fraction of sp³-hybridized carbons (Fsp3) is 0.500. The fourth-order valence-electron chi connectivity index (χ4n) is 1.69. The first kappa shape index (κ1) is 9.74. The molecule has 0 saturated carbocycles. The molecule has 1 aliphatic heterocycles. The second-order valence-corrected chi connectivity index (χ2v) is 3.92. The lowest BCUT2D eigenvalue weighted by atomic mass is 10.1. The van der Waals surface area contributed by atoms with E-state index in [-0.39, 0.29) is 0 Å². The number of piperidine rings is 1. The van der Waals surface area contributed by atoms with Crippen LogP contribution < -0.4 is 10.6 Å². The number of hydrogen-bond acceptors (Lipinski definition) is 3. The minimum absolute atomic E-state index is 0.545. The Morgan fingerprint density at radius 2 is 2.21 bits per heavy atom. The Morgan fingerprint density at radius 1 is 1.43 bits per heavy atom. The van der Waals surface area contributed by atoms with E-state index < -0.39 is 0 Å². The quantitative estimate of drug-likeness (QED) is 0.734. The maximum atomic E-state index is 5.80. The minimum Gasteiger partial charge on any atom is -0.382 e. The third kappa shape index (κ3) is 2.59. The summed E-state index contributed by atoms with van der Waals surface area (Å²) in [6.45, 7) is 2.19. The summed E-state index contributed by atoms with van der Waals surface area (Å²) in [6.07, 6.45) is 4.06. The van der Waals surface area contributed by atoms with Crippen LogP contribution in [0.1, 0.15) is 12.8 Å². The summed E-state index contributed by atoms with van der Waals surface area (Å²) in [5, 5.41) is 7.34. The standard InChI is InChI=1S/C10H14ClN3/c11-10-7-9(3-6-13-10)14-8-1-4-12-5-2-8/h3,6-8,12H,1-2,4-5H2,(H,13,14). The molecule has 0 bridgehead atoms. The van der Waals surface area contributed by atoms with Gasteiger partial charge in [-0.05, 0) is 38.1 Å². The van der Waals surface area contributed by atoms with Crippen molar-refractivity contribution in [1.29, 1.82) is 0 Å². The zero-order valence-corrected chi connectivity index (χ0v) is 8.72. The van der Waals surface area contributed by atoms with Crippen LogP contribution in [0.3, 0.4) is 0 Å². The maximum Gasteiger partial charge on any atom is 0.131 e. The van der Waals surface area contributed by atoms with Gasteiger partial charge >= 0.3 is 0 Å². The summed E-state index contributed by atoms with van der Waals surface area (Å²) in [6, 6.07) is 4.38. The molecule has 0 spiro atoms. The highest BCUT2D eigenvalue weighted by molar-refractivity contribution is 6.29. The summed E-state index contributed by atoms with van der Waals surface area (Å²) in [4.78, 5) is 3.95. The van der Waals surface area contributed by atoms with Gasteiger partial charge in [-0.3, -0.25) is 0 Å². The topological polar surface area (TPSA) is 37.0 Å². The molecular formula is C10H14ClN3. The van der Waals surface area contributed by atoms with Gasteiger partial charge in [-0.1, -0.05) is 11.6 Å². The Balaban J connectivity index is 1.95. The average Bonchev–Trinajstić information content (AvgIpc) is 2.19. The molecule has 0 atom stereocenters. The predicted molar refractivity (Wildman–Crippen MR) is 58.8 cm³/mol. The van der Waals surface area contributed by atoms with Gasteiger partial charge in [0.2, 0.25) is 0 Å². The molecule has 14 heavy (non-hydrogen) atoms. The highest BCUT2D eigenvalue weighted by atomic mass is 35.5. The molecule has 0 amide bonds. The average molecular weight is 212 g/mol. The van der Waals surface area contributed by atoms with Gasteiger partial charge in [-0.2, -0.15) is 0 Å². The third-order valence-corrected chi connectivity index (χ3v) is 2.64. The van der Waals surface area contributed by atoms with Gasteiger partial charge in [0.05, 0.1) is 0 Å². The summed E-state index contributed by atoms with van der Waals surface area (Å²) in [5.41, 5.74) is 1.07.